The summed E-state index contributed by atoms with van der Waals surface area (Å²) < 4.78 is 0. The van der Waals surface area contributed by atoms with E-state index in [0.29, 0.717) is 0 Å². The number of benzene rings is 7. The summed E-state index contributed by atoms with van der Waals surface area (Å²) in [4.78, 5) is 0. The molecule has 9 aromatic carbocycles. The summed E-state index contributed by atoms with van der Waals surface area (Å²) in [5.41, 5.74) is 12.4. The predicted molar refractivity (Wildman–Crippen MR) is 234 cm³/mol. The van der Waals surface area contributed by atoms with Gasteiger partial charge in [-0.1, -0.05) is 138 Å². The quantitative estimate of drug-likeness (QED) is 0.121. The minimum atomic E-state index is 0. The third kappa shape index (κ3) is 9.08. The molecular weight excluding hydrogens is 732 g/mol. The van der Waals surface area contributed by atoms with E-state index in [9.17, 15) is 0 Å². The van der Waals surface area contributed by atoms with E-state index in [1.54, 1.807) is 16.8 Å². The molecule has 0 nitrogen and oxygen atoms in total. The largest absolute Gasteiger partial charge is 4.00 e. The van der Waals surface area contributed by atoms with Gasteiger partial charge in [-0.25, -0.2) is 0 Å². The Bertz CT molecular complexity index is 2360. The number of hydrogen-bond donors (Lipinski definition) is 0. The van der Waals surface area contributed by atoms with Crippen LogP contribution < -0.4 is 0 Å². The van der Waals surface area contributed by atoms with E-state index in [-0.39, 0.29) is 26.2 Å². The zero-order chi connectivity index (χ0) is 36.3. The molecule has 0 N–H and O–H groups in total. The van der Waals surface area contributed by atoms with Crippen LogP contribution in [0.4, 0.5) is 0 Å². The van der Waals surface area contributed by atoms with Gasteiger partial charge in [0.2, 0.25) is 0 Å². The van der Waals surface area contributed by atoms with Crippen LogP contribution in [-0.4, -0.2) is 15.5 Å². The second-order valence-electron chi connectivity index (χ2n) is 12.6. The van der Waals surface area contributed by atoms with Gasteiger partial charge in [0.1, 0.15) is 0 Å². The fourth-order valence-electron chi connectivity index (χ4n) is 6.95. The van der Waals surface area contributed by atoms with E-state index in [2.05, 4.69) is 172 Å². The molecule has 53 heavy (non-hydrogen) atoms. The van der Waals surface area contributed by atoms with E-state index in [1.807, 2.05) is 30.3 Å². The van der Waals surface area contributed by atoms with E-state index < -0.39 is 0 Å². The van der Waals surface area contributed by atoms with E-state index in [4.69, 9.17) is 0 Å². The molecule has 258 valence electrons. The van der Waals surface area contributed by atoms with Crippen LogP contribution in [0.3, 0.4) is 0 Å². The van der Waals surface area contributed by atoms with Crippen LogP contribution >= 0.6 is 0 Å². The number of hydrogen-bond acceptors (Lipinski definition) is 0. The van der Waals surface area contributed by atoms with Crippen LogP contribution in [0, 0.1) is 6.92 Å². The van der Waals surface area contributed by atoms with Crippen molar-refractivity contribution in [3.63, 3.8) is 0 Å². The molecule has 0 spiro atoms. The second-order valence-corrected chi connectivity index (χ2v) is 13.0. The number of rotatable bonds is 5. The standard InChI is InChI=1S/2C21H17.C7H7Si.C2H5.Zr/c2*1-2-15-13-17-9-6-12-20(21(17)14-15)19-11-5-8-16-7-3-4-10-18(16)19;8-6-7-4-2-1-3-5-7;1-2;/h2*3-14H,2H2,1H3;1-5H,8H2;1H2,2H3;/q4*-1;+4. The maximum Gasteiger partial charge on any atom is 4.00 e. The third-order valence-corrected chi connectivity index (χ3v) is 9.98. The van der Waals surface area contributed by atoms with Gasteiger partial charge in [-0.3, -0.25) is 0 Å². The SMILES string of the molecule is CCc1cc2c(-c3cccc4ccccc34)cccc2[cH-]1.CCc1cc2c(-c3cccc4ccccc34)cccc2[cH-]1.[CH2-]C.[SiH2]=[C-]c1ccccc1.[Zr+4]. The number of aryl methyl sites for hydroxylation is 2. The van der Waals surface area contributed by atoms with Crippen molar-refractivity contribution in [2.75, 3.05) is 0 Å². The van der Waals surface area contributed by atoms with Crippen LogP contribution in [0.5, 0.6) is 0 Å². The van der Waals surface area contributed by atoms with Crippen molar-refractivity contribution < 1.29 is 26.2 Å². The summed E-state index contributed by atoms with van der Waals surface area (Å²) >= 11 is 0. The fourth-order valence-corrected chi connectivity index (χ4v) is 7.18. The molecule has 0 aliphatic rings. The Morgan fingerprint density at radius 1 is 0.453 bits per heavy atom. The molecule has 0 atom stereocenters. The Balaban J connectivity index is 0.000000161. The molecule has 0 unspecified atom stereocenters. The Morgan fingerprint density at radius 3 is 1.21 bits per heavy atom. The van der Waals surface area contributed by atoms with Crippen LogP contribution in [0.2, 0.25) is 0 Å². The zero-order valence-corrected chi connectivity index (χ0v) is 34.9. The molecule has 9 rings (SSSR count). The molecule has 2 heteroatoms. The van der Waals surface area contributed by atoms with Gasteiger partial charge in [-0.05, 0) is 45.5 Å². The van der Waals surface area contributed by atoms with Gasteiger partial charge in [0.15, 0.2) is 0 Å². The average Bonchev–Trinajstić information content (AvgIpc) is 3.86. The smallest absolute Gasteiger partial charge is 0.346 e. The van der Waals surface area contributed by atoms with Crippen molar-refractivity contribution in [3.8, 4) is 22.3 Å². The van der Waals surface area contributed by atoms with Crippen molar-refractivity contribution in [1.29, 1.82) is 0 Å². The Hall–Kier alpha value is -4.75. The van der Waals surface area contributed by atoms with E-state index in [1.165, 1.54) is 82.0 Å². The maximum atomic E-state index is 3.25. The Kier molecular flexibility index (Phi) is 14.4. The van der Waals surface area contributed by atoms with Gasteiger partial charge in [-0.2, -0.15) is 42.4 Å². The number of fused-ring (bicyclic) bond motifs is 4. The molecule has 9 aromatic rings. The minimum absolute atomic E-state index is 0. The van der Waals surface area contributed by atoms with Crippen LogP contribution in [0.15, 0.2) is 176 Å². The van der Waals surface area contributed by atoms with Crippen molar-refractivity contribution in [2.45, 2.75) is 33.6 Å². The molecule has 0 heterocycles. The summed E-state index contributed by atoms with van der Waals surface area (Å²) in [7, 11) is 1.73. The van der Waals surface area contributed by atoms with Crippen LogP contribution in [0.25, 0.3) is 65.3 Å². The van der Waals surface area contributed by atoms with Crippen molar-refractivity contribution in [3.05, 3.63) is 200 Å². The van der Waals surface area contributed by atoms with Gasteiger partial charge in [0.05, 0.1) is 0 Å². The minimum Gasteiger partial charge on any atom is -0.346 e. The average molecular weight is 778 g/mol. The van der Waals surface area contributed by atoms with Crippen molar-refractivity contribution >= 4 is 58.6 Å². The van der Waals surface area contributed by atoms with Gasteiger partial charge in [0, 0.05) is 0 Å². The third-order valence-electron chi connectivity index (χ3n) is 9.57. The van der Waals surface area contributed by atoms with Crippen LogP contribution in [0.1, 0.15) is 37.5 Å². The van der Waals surface area contributed by atoms with Gasteiger partial charge in [0.25, 0.3) is 0 Å². The van der Waals surface area contributed by atoms with E-state index in [0.717, 1.165) is 12.8 Å². The first-order chi connectivity index (χ1) is 25.7. The molecule has 0 radical (unpaired) electrons. The zero-order valence-electron chi connectivity index (χ0n) is 31.1. The molecule has 0 bridgehead atoms. The fraction of sp³-hybridized carbons (Fsp3) is 0.0980. The molecule has 0 aliphatic carbocycles. The van der Waals surface area contributed by atoms with Crippen LogP contribution in [-0.2, 0) is 39.0 Å². The Labute approximate surface area is 338 Å². The molecule has 0 saturated heterocycles. The van der Waals surface area contributed by atoms with Gasteiger partial charge < -0.3 is 6.92 Å². The normalized spacial score (nSPS) is 10.3. The summed E-state index contributed by atoms with van der Waals surface area (Å²) in [6, 6.07) is 63.0. The summed E-state index contributed by atoms with van der Waals surface area (Å²) in [5, 5.41) is 10.7. The first-order valence-corrected chi connectivity index (χ1v) is 19.0. The van der Waals surface area contributed by atoms with E-state index >= 15 is 0 Å². The van der Waals surface area contributed by atoms with Crippen molar-refractivity contribution in [1.82, 2.24) is 0 Å². The molecular formula is C51H46SiZr. The Morgan fingerprint density at radius 2 is 0.811 bits per heavy atom. The first-order valence-electron chi connectivity index (χ1n) is 18.3. The molecule has 0 saturated carbocycles. The summed E-state index contributed by atoms with van der Waals surface area (Å²) in [6.45, 7) is 9.43. The summed E-state index contributed by atoms with van der Waals surface area (Å²) in [5.74, 6) is 0. The topological polar surface area (TPSA) is 0 Å². The molecule has 0 aromatic heterocycles. The monoisotopic (exact) mass is 776 g/mol. The molecule has 0 fully saturated rings. The molecule has 0 amide bonds. The summed E-state index contributed by atoms with van der Waals surface area (Å²) in [6.07, 6.45) is 2.17. The maximum absolute atomic E-state index is 3.25. The van der Waals surface area contributed by atoms with Gasteiger partial charge in [-0.15, -0.1) is 81.2 Å². The second kappa shape index (κ2) is 19.4. The first kappa shape index (κ1) is 39.5. The predicted octanol–water partition coefficient (Wildman–Crippen LogP) is 13.1. The molecule has 0 aliphatic heterocycles. The van der Waals surface area contributed by atoms with Crippen molar-refractivity contribution in [2.24, 2.45) is 0 Å². The van der Waals surface area contributed by atoms with Gasteiger partial charge >= 0.3 is 26.2 Å².